The molecule has 1 aromatic heterocycles. The van der Waals surface area contributed by atoms with E-state index in [1.165, 1.54) is 36.5 Å². The number of halogens is 1. The SMILES string of the molecule is O=Cc1cc(OCc2ncccc2F)ccc1B(O)O. The fourth-order valence-corrected chi connectivity index (χ4v) is 1.66. The highest BCUT2D eigenvalue weighted by Gasteiger charge is 2.16. The van der Waals surface area contributed by atoms with Gasteiger partial charge in [-0.25, -0.2) is 4.39 Å². The maximum absolute atomic E-state index is 13.3. The van der Waals surface area contributed by atoms with Crippen molar-refractivity contribution in [2.45, 2.75) is 6.61 Å². The Morgan fingerprint density at radius 2 is 2.15 bits per heavy atom. The van der Waals surface area contributed by atoms with Crippen molar-refractivity contribution in [1.29, 1.82) is 0 Å². The maximum atomic E-state index is 13.3. The second kappa shape index (κ2) is 6.27. The molecule has 0 aliphatic rings. The molecule has 2 aromatic rings. The van der Waals surface area contributed by atoms with Crippen LogP contribution in [0.5, 0.6) is 5.75 Å². The summed E-state index contributed by atoms with van der Waals surface area (Å²) in [4.78, 5) is 14.7. The molecule has 1 aromatic carbocycles. The molecule has 0 saturated carbocycles. The number of aromatic nitrogens is 1. The quantitative estimate of drug-likeness (QED) is 0.605. The summed E-state index contributed by atoms with van der Waals surface area (Å²) >= 11 is 0. The molecule has 7 heteroatoms. The van der Waals surface area contributed by atoms with Crippen LogP contribution in [-0.4, -0.2) is 28.4 Å². The zero-order valence-electron chi connectivity index (χ0n) is 10.4. The molecule has 1 heterocycles. The summed E-state index contributed by atoms with van der Waals surface area (Å²) in [5.41, 5.74) is 0.321. The lowest BCUT2D eigenvalue weighted by atomic mass is 9.77. The first kappa shape index (κ1) is 14.2. The largest absolute Gasteiger partial charge is 0.489 e. The van der Waals surface area contributed by atoms with Crippen LogP contribution in [0.3, 0.4) is 0 Å². The molecule has 0 fully saturated rings. The van der Waals surface area contributed by atoms with Crippen LogP contribution in [0.2, 0.25) is 0 Å². The average molecular weight is 275 g/mol. The molecule has 2 rings (SSSR count). The van der Waals surface area contributed by atoms with E-state index in [0.29, 0.717) is 12.0 Å². The van der Waals surface area contributed by atoms with Gasteiger partial charge in [0.1, 0.15) is 30.2 Å². The maximum Gasteiger partial charge on any atom is 0.489 e. The summed E-state index contributed by atoms with van der Waals surface area (Å²) in [6, 6.07) is 6.91. The van der Waals surface area contributed by atoms with Crippen molar-refractivity contribution >= 4 is 18.9 Å². The van der Waals surface area contributed by atoms with Crippen molar-refractivity contribution in [3.63, 3.8) is 0 Å². The highest BCUT2D eigenvalue weighted by Crippen LogP contribution is 2.14. The van der Waals surface area contributed by atoms with E-state index in [-0.39, 0.29) is 23.3 Å². The lowest BCUT2D eigenvalue weighted by Crippen LogP contribution is -2.32. The van der Waals surface area contributed by atoms with Crippen molar-refractivity contribution in [1.82, 2.24) is 4.98 Å². The number of pyridine rings is 1. The van der Waals surface area contributed by atoms with Gasteiger partial charge in [-0.3, -0.25) is 9.78 Å². The van der Waals surface area contributed by atoms with Gasteiger partial charge >= 0.3 is 7.12 Å². The summed E-state index contributed by atoms with van der Waals surface area (Å²) in [5.74, 6) is -0.174. The predicted octanol–water partition coefficient (Wildman–Crippen LogP) is 0.292. The van der Waals surface area contributed by atoms with Crippen LogP contribution in [0, 0.1) is 5.82 Å². The summed E-state index contributed by atoms with van der Waals surface area (Å²) in [6.07, 6.45) is 1.94. The van der Waals surface area contributed by atoms with Crippen molar-refractivity contribution in [2.24, 2.45) is 0 Å². The molecule has 0 aliphatic heterocycles. The Kier molecular flexibility index (Phi) is 4.44. The number of carbonyl (C=O) groups excluding carboxylic acids is 1. The van der Waals surface area contributed by atoms with E-state index in [2.05, 4.69) is 4.98 Å². The van der Waals surface area contributed by atoms with E-state index >= 15 is 0 Å². The number of ether oxygens (including phenoxy) is 1. The first-order valence-corrected chi connectivity index (χ1v) is 5.79. The minimum absolute atomic E-state index is 0.0800. The lowest BCUT2D eigenvalue weighted by Gasteiger charge is -2.09. The Hall–Kier alpha value is -2.25. The Morgan fingerprint density at radius 1 is 1.35 bits per heavy atom. The topological polar surface area (TPSA) is 79.7 Å². The second-order valence-electron chi connectivity index (χ2n) is 4.00. The molecule has 102 valence electrons. The number of benzene rings is 1. The van der Waals surface area contributed by atoms with Crippen LogP contribution in [0.1, 0.15) is 16.1 Å². The van der Waals surface area contributed by atoms with E-state index < -0.39 is 12.9 Å². The van der Waals surface area contributed by atoms with Gasteiger partial charge in [0.15, 0.2) is 0 Å². The van der Waals surface area contributed by atoms with Crippen LogP contribution < -0.4 is 10.2 Å². The van der Waals surface area contributed by atoms with Gasteiger partial charge in [-0.05, 0) is 29.7 Å². The van der Waals surface area contributed by atoms with Gasteiger partial charge in [-0.15, -0.1) is 0 Å². The van der Waals surface area contributed by atoms with Gasteiger partial charge in [-0.2, -0.15) is 0 Å². The Balaban J connectivity index is 2.15. The van der Waals surface area contributed by atoms with E-state index in [1.807, 2.05) is 0 Å². The van der Waals surface area contributed by atoms with Crippen LogP contribution in [-0.2, 0) is 6.61 Å². The van der Waals surface area contributed by atoms with E-state index in [0.717, 1.165) is 0 Å². The van der Waals surface area contributed by atoms with Gasteiger partial charge in [0.2, 0.25) is 0 Å². The van der Waals surface area contributed by atoms with E-state index in [1.54, 1.807) is 0 Å². The Morgan fingerprint density at radius 3 is 2.80 bits per heavy atom. The monoisotopic (exact) mass is 275 g/mol. The number of rotatable bonds is 5. The van der Waals surface area contributed by atoms with Crippen molar-refractivity contribution < 1.29 is 24.0 Å². The van der Waals surface area contributed by atoms with E-state index in [9.17, 15) is 9.18 Å². The summed E-state index contributed by atoms with van der Waals surface area (Å²) in [5, 5.41) is 18.1. The van der Waals surface area contributed by atoms with Crippen molar-refractivity contribution in [2.75, 3.05) is 0 Å². The molecular weight excluding hydrogens is 264 g/mol. The molecule has 2 N–H and O–H groups in total. The Labute approximate surface area is 114 Å². The molecule has 0 radical (unpaired) electrons. The fraction of sp³-hybridized carbons (Fsp3) is 0.0769. The van der Waals surface area contributed by atoms with Crippen LogP contribution >= 0.6 is 0 Å². The average Bonchev–Trinajstić information content (AvgIpc) is 2.46. The normalized spacial score (nSPS) is 10.2. The summed E-state index contributed by atoms with van der Waals surface area (Å²) in [6.45, 7) is -0.0913. The highest BCUT2D eigenvalue weighted by atomic mass is 19.1. The zero-order valence-corrected chi connectivity index (χ0v) is 10.4. The van der Waals surface area contributed by atoms with Gasteiger partial charge in [-0.1, -0.05) is 6.07 Å². The number of hydrogen-bond acceptors (Lipinski definition) is 5. The molecule has 0 atom stereocenters. The molecule has 0 saturated heterocycles. The fourth-order valence-electron chi connectivity index (χ4n) is 1.66. The molecule has 20 heavy (non-hydrogen) atoms. The predicted molar refractivity (Wildman–Crippen MR) is 70.2 cm³/mol. The number of aldehydes is 1. The minimum Gasteiger partial charge on any atom is -0.487 e. The van der Waals surface area contributed by atoms with Gasteiger partial charge in [0.25, 0.3) is 0 Å². The molecular formula is C13H11BFNO4. The third-order valence-corrected chi connectivity index (χ3v) is 2.67. The van der Waals surface area contributed by atoms with Crippen LogP contribution in [0.25, 0.3) is 0 Å². The van der Waals surface area contributed by atoms with Crippen LogP contribution in [0.4, 0.5) is 4.39 Å². The van der Waals surface area contributed by atoms with Crippen molar-refractivity contribution in [3.05, 3.63) is 53.6 Å². The number of hydrogen-bond donors (Lipinski definition) is 2. The molecule has 0 amide bonds. The molecule has 0 unspecified atom stereocenters. The highest BCUT2D eigenvalue weighted by molar-refractivity contribution is 6.60. The smallest absolute Gasteiger partial charge is 0.487 e. The number of nitrogens with zero attached hydrogens (tertiary/aromatic N) is 1. The van der Waals surface area contributed by atoms with Crippen molar-refractivity contribution in [3.8, 4) is 5.75 Å². The van der Waals surface area contributed by atoms with Gasteiger partial charge in [0, 0.05) is 11.8 Å². The standard InChI is InChI=1S/C13H11BFNO4/c15-12-2-1-5-16-13(12)8-20-10-3-4-11(14(18)19)9(6-10)7-17/h1-7,18-19H,8H2. The lowest BCUT2D eigenvalue weighted by molar-refractivity contribution is 0.112. The zero-order chi connectivity index (χ0) is 14.5. The summed E-state index contributed by atoms with van der Waals surface area (Å²) < 4.78 is 18.7. The summed E-state index contributed by atoms with van der Waals surface area (Å²) in [7, 11) is -1.74. The minimum atomic E-state index is -1.74. The second-order valence-corrected chi connectivity index (χ2v) is 4.00. The molecule has 5 nitrogen and oxygen atoms in total. The molecule has 0 bridgehead atoms. The first-order chi connectivity index (χ1) is 9.61. The molecule has 0 aliphatic carbocycles. The van der Waals surface area contributed by atoms with Gasteiger partial charge < -0.3 is 14.8 Å². The molecule has 0 spiro atoms. The van der Waals surface area contributed by atoms with Gasteiger partial charge in [0.05, 0.1) is 0 Å². The van der Waals surface area contributed by atoms with Crippen LogP contribution in [0.15, 0.2) is 36.5 Å². The first-order valence-electron chi connectivity index (χ1n) is 5.79. The Bertz CT molecular complexity index is 621. The third-order valence-electron chi connectivity index (χ3n) is 2.67. The van der Waals surface area contributed by atoms with E-state index in [4.69, 9.17) is 14.8 Å². The third kappa shape index (κ3) is 3.20. The number of carbonyl (C=O) groups is 1.